The summed E-state index contributed by atoms with van der Waals surface area (Å²) in [6, 6.07) is 2.19. The number of aromatic nitrogens is 4. The Morgan fingerprint density at radius 3 is 2.84 bits per heavy atom. The molecule has 10 heteroatoms. The maximum atomic E-state index is 12.7. The molecule has 2 aliphatic heterocycles. The van der Waals surface area contributed by atoms with Crippen LogP contribution in [0.25, 0.3) is 10.6 Å². The number of ether oxygens (including phenoxy) is 1. The third kappa shape index (κ3) is 3.72. The summed E-state index contributed by atoms with van der Waals surface area (Å²) >= 11 is 1.70. The molecule has 0 aromatic carbocycles. The lowest BCUT2D eigenvalue weighted by Crippen LogP contribution is -2.48. The topological polar surface area (TPSA) is 121 Å². The van der Waals surface area contributed by atoms with Crippen LogP contribution in [0.5, 0.6) is 0 Å². The highest BCUT2D eigenvalue weighted by molar-refractivity contribution is 7.15. The van der Waals surface area contributed by atoms with Crippen LogP contribution in [0.1, 0.15) is 28.8 Å². The molecule has 0 unspecified atom stereocenters. The van der Waals surface area contributed by atoms with E-state index in [4.69, 9.17) is 4.74 Å². The number of piperidine rings is 1. The van der Waals surface area contributed by atoms with Crippen LogP contribution in [0.15, 0.2) is 40.4 Å². The van der Waals surface area contributed by atoms with Crippen LogP contribution in [0, 0.1) is 0 Å². The monoisotopic (exact) mass is 439 g/mol. The average molecular weight is 439 g/mol. The molecule has 9 nitrogen and oxygen atoms in total. The van der Waals surface area contributed by atoms with E-state index in [1.807, 2.05) is 0 Å². The van der Waals surface area contributed by atoms with Gasteiger partial charge in [-0.3, -0.25) is 24.5 Å². The van der Waals surface area contributed by atoms with Gasteiger partial charge >= 0.3 is 5.69 Å². The first kappa shape index (κ1) is 19.8. The summed E-state index contributed by atoms with van der Waals surface area (Å²) < 4.78 is 6.30. The lowest BCUT2D eigenvalue weighted by Gasteiger charge is -2.43. The lowest BCUT2D eigenvalue weighted by molar-refractivity contribution is -0.139. The van der Waals surface area contributed by atoms with E-state index in [1.165, 1.54) is 16.6 Å². The van der Waals surface area contributed by atoms with E-state index in [-0.39, 0.29) is 23.5 Å². The van der Waals surface area contributed by atoms with Crippen LogP contribution >= 0.6 is 11.3 Å². The Morgan fingerprint density at radius 1 is 1.26 bits per heavy atom. The summed E-state index contributed by atoms with van der Waals surface area (Å²) in [5.74, 6) is -0.130. The molecule has 0 aliphatic carbocycles. The largest absolute Gasteiger partial charge is 0.369 e. The molecule has 160 valence electrons. The molecule has 5 heterocycles. The van der Waals surface area contributed by atoms with E-state index >= 15 is 0 Å². The van der Waals surface area contributed by atoms with Crippen LogP contribution in [0.4, 0.5) is 0 Å². The zero-order chi connectivity index (χ0) is 21.4. The van der Waals surface area contributed by atoms with Crippen molar-refractivity contribution >= 4 is 17.2 Å². The second kappa shape index (κ2) is 7.86. The highest BCUT2D eigenvalue weighted by Crippen LogP contribution is 2.47. The van der Waals surface area contributed by atoms with Crippen LogP contribution in [0.2, 0.25) is 0 Å². The van der Waals surface area contributed by atoms with Gasteiger partial charge in [0, 0.05) is 42.1 Å². The molecule has 0 saturated carbocycles. The summed E-state index contributed by atoms with van der Waals surface area (Å²) in [4.78, 5) is 53.0. The molecular formula is C21H21N5O4S. The average Bonchev–Trinajstić information content (AvgIpc) is 3.23. The molecule has 3 aromatic heterocycles. The molecule has 31 heavy (non-hydrogen) atoms. The normalized spacial score (nSPS) is 17.5. The van der Waals surface area contributed by atoms with Crippen molar-refractivity contribution in [2.24, 2.45) is 0 Å². The second-order valence-corrected chi connectivity index (χ2v) is 8.86. The smallest absolute Gasteiger partial charge is 0.325 e. The number of nitrogens with one attached hydrogen (secondary N) is 2. The van der Waals surface area contributed by atoms with Crippen molar-refractivity contribution in [3.05, 3.63) is 67.7 Å². The maximum absolute atomic E-state index is 12.7. The van der Waals surface area contributed by atoms with Crippen molar-refractivity contribution in [3.63, 3.8) is 0 Å². The molecule has 1 fully saturated rings. The minimum Gasteiger partial charge on any atom is -0.369 e. The molecular weight excluding hydrogens is 418 g/mol. The number of hydrogen-bond donors (Lipinski definition) is 2. The fourth-order valence-electron chi connectivity index (χ4n) is 4.31. The van der Waals surface area contributed by atoms with Gasteiger partial charge in [0.2, 0.25) is 5.91 Å². The third-order valence-corrected chi connectivity index (χ3v) is 7.34. The Hall–Kier alpha value is -3.11. The van der Waals surface area contributed by atoms with Crippen molar-refractivity contribution in [2.75, 3.05) is 19.7 Å². The van der Waals surface area contributed by atoms with Gasteiger partial charge in [-0.25, -0.2) is 4.79 Å². The van der Waals surface area contributed by atoms with Gasteiger partial charge in [-0.05, 0) is 30.9 Å². The minimum absolute atomic E-state index is 0.0406. The van der Waals surface area contributed by atoms with E-state index < -0.39 is 11.2 Å². The number of fused-ring (bicyclic) bond motifs is 2. The van der Waals surface area contributed by atoms with Crippen LogP contribution in [0.3, 0.4) is 0 Å². The van der Waals surface area contributed by atoms with E-state index in [1.54, 1.807) is 34.8 Å². The van der Waals surface area contributed by atoms with Crippen LogP contribution in [-0.2, 0) is 28.0 Å². The highest BCUT2D eigenvalue weighted by Gasteiger charge is 2.43. The lowest BCUT2D eigenvalue weighted by atomic mass is 9.85. The quantitative estimate of drug-likeness (QED) is 0.633. The SMILES string of the molecule is O=C(Cc1c[nH]c(=O)[nH]c1=O)N1CCC2(CC1)OCCc1cc(-c3cnccn3)sc12. The van der Waals surface area contributed by atoms with E-state index in [0.717, 1.165) is 17.0 Å². The number of aromatic amines is 2. The molecule has 5 rings (SSSR count). The van der Waals surface area contributed by atoms with Crippen molar-refractivity contribution in [3.8, 4) is 10.6 Å². The first-order valence-corrected chi connectivity index (χ1v) is 11.0. The second-order valence-electron chi connectivity index (χ2n) is 7.80. The van der Waals surface area contributed by atoms with Crippen molar-refractivity contribution < 1.29 is 9.53 Å². The zero-order valence-electron chi connectivity index (χ0n) is 16.7. The summed E-state index contributed by atoms with van der Waals surface area (Å²) in [5, 5.41) is 0. The Bertz CT molecular complexity index is 1220. The molecule has 2 aliphatic rings. The van der Waals surface area contributed by atoms with Gasteiger partial charge in [-0.1, -0.05) is 0 Å². The van der Waals surface area contributed by atoms with Crippen LogP contribution < -0.4 is 11.2 Å². The first-order chi connectivity index (χ1) is 15.0. The van der Waals surface area contributed by atoms with E-state index in [2.05, 4.69) is 26.0 Å². The molecule has 0 bridgehead atoms. The van der Waals surface area contributed by atoms with E-state index in [0.29, 0.717) is 32.5 Å². The number of likely N-dealkylation sites (tertiary alicyclic amines) is 1. The predicted octanol–water partition coefficient (Wildman–Crippen LogP) is 1.21. The van der Waals surface area contributed by atoms with Crippen LogP contribution in [-0.4, -0.2) is 50.4 Å². The molecule has 0 atom stereocenters. The Kier molecular flexibility index (Phi) is 5.03. The summed E-state index contributed by atoms with van der Waals surface area (Å²) in [5.41, 5.74) is 0.912. The molecule has 3 aromatic rings. The molecule has 0 radical (unpaired) electrons. The Labute approximate surface area is 181 Å². The highest BCUT2D eigenvalue weighted by atomic mass is 32.1. The van der Waals surface area contributed by atoms with Gasteiger partial charge in [0.15, 0.2) is 0 Å². The fourth-order valence-corrected chi connectivity index (χ4v) is 5.68. The van der Waals surface area contributed by atoms with Gasteiger partial charge in [0.1, 0.15) is 5.60 Å². The number of H-pyrrole nitrogens is 2. The zero-order valence-corrected chi connectivity index (χ0v) is 17.5. The van der Waals surface area contributed by atoms with Crippen molar-refractivity contribution in [1.29, 1.82) is 0 Å². The third-order valence-electron chi connectivity index (χ3n) is 5.95. The first-order valence-electron chi connectivity index (χ1n) is 10.2. The summed E-state index contributed by atoms with van der Waals surface area (Å²) in [6.07, 6.45) is 8.66. The molecule has 1 spiro atoms. The fraction of sp³-hybridized carbons (Fsp3) is 0.381. The number of nitrogens with zero attached hydrogens (tertiary/aromatic N) is 3. The number of thiophene rings is 1. The number of carbonyl (C=O) groups excluding carboxylic acids is 1. The van der Waals surface area contributed by atoms with Crippen molar-refractivity contribution in [2.45, 2.75) is 31.3 Å². The number of amides is 1. The number of carbonyl (C=O) groups is 1. The number of hydrogen-bond acceptors (Lipinski definition) is 7. The molecule has 2 N–H and O–H groups in total. The maximum Gasteiger partial charge on any atom is 0.325 e. The Balaban J connectivity index is 1.32. The summed E-state index contributed by atoms with van der Waals surface area (Å²) in [7, 11) is 0. The molecule has 1 amide bonds. The molecule has 1 saturated heterocycles. The van der Waals surface area contributed by atoms with E-state index in [9.17, 15) is 14.4 Å². The summed E-state index contributed by atoms with van der Waals surface area (Å²) in [6.45, 7) is 1.76. The van der Waals surface area contributed by atoms with Gasteiger partial charge < -0.3 is 14.6 Å². The van der Waals surface area contributed by atoms with Gasteiger partial charge in [0.25, 0.3) is 5.56 Å². The number of rotatable bonds is 3. The standard InChI is InChI=1S/C21H21N5O4S/c27-17(10-14-11-24-20(29)25-19(14)28)26-6-2-21(3-7-26)18-13(1-8-30-21)9-16(31-18)15-12-22-4-5-23-15/h4-5,9,11-12H,1-3,6-8,10H2,(H2,24,25,28,29). The minimum atomic E-state index is -0.580. The van der Waals surface area contributed by atoms with Gasteiger partial charge in [-0.2, -0.15) is 0 Å². The Morgan fingerprint density at radius 2 is 2.10 bits per heavy atom. The predicted molar refractivity (Wildman–Crippen MR) is 114 cm³/mol. The van der Waals surface area contributed by atoms with Gasteiger partial charge in [-0.15, -0.1) is 11.3 Å². The van der Waals surface area contributed by atoms with Crippen molar-refractivity contribution in [1.82, 2.24) is 24.8 Å². The van der Waals surface area contributed by atoms with Gasteiger partial charge in [0.05, 0.1) is 29.8 Å².